The molecule has 17 heavy (non-hydrogen) atoms. The van der Waals surface area contributed by atoms with E-state index in [1.165, 1.54) is 6.20 Å². The lowest BCUT2D eigenvalue weighted by atomic mass is 10.1. The zero-order chi connectivity index (χ0) is 12.4. The van der Waals surface area contributed by atoms with Crippen LogP contribution >= 0.6 is 23.2 Å². The molecule has 0 aliphatic heterocycles. The number of ether oxygens (including phenoxy) is 1. The van der Waals surface area contributed by atoms with Gasteiger partial charge in [0.25, 0.3) is 0 Å². The quantitative estimate of drug-likeness (QED) is 0.905. The Morgan fingerprint density at radius 1 is 1.12 bits per heavy atom. The summed E-state index contributed by atoms with van der Waals surface area (Å²) in [4.78, 5) is 4.01. The van der Waals surface area contributed by atoms with Crippen molar-refractivity contribution in [3.63, 3.8) is 0 Å². The molecule has 1 aromatic carbocycles. The minimum absolute atomic E-state index is 0.384. The van der Waals surface area contributed by atoms with Crippen LogP contribution in [0, 0.1) is 0 Å². The van der Waals surface area contributed by atoms with E-state index in [1.54, 1.807) is 31.4 Å². The van der Waals surface area contributed by atoms with Crippen LogP contribution in [0.25, 0.3) is 11.1 Å². The summed E-state index contributed by atoms with van der Waals surface area (Å²) in [5.74, 6) is 1.06. The van der Waals surface area contributed by atoms with Crippen molar-refractivity contribution in [1.82, 2.24) is 4.98 Å². The molecular formula is C12H10Cl2N2O. The molecule has 0 bridgehead atoms. The highest BCUT2D eigenvalue weighted by atomic mass is 35.5. The molecule has 1 aromatic heterocycles. The molecule has 0 aliphatic rings. The molecule has 0 saturated carbocycles. The average molecular weight is 269 g/mol. The van der Waals surface area contributed by atoms with E-state index in [2.05, 4.69) is 4.98 Å². The Kier molecular flexibility index (Phi) is 3.41. The Morgan fingerprint density at radius 3 is 2.53 bits per heavy atom. The smallest absolute Gasteiger partial charge is 0.131 e. The number of pyridine rings is 1. The van der Waals surface area contributed by atoms with Crippen molar-refractivity contribution >= 4 is 29.0 Å². The predicted molar refractivity (Wildman–Crippen MR) is 70.7 cm³/mol. The lowest BCUT2D eigenvalue weighted by Crippen LogP contribution is -1.95. The average Bonchev–Trinajstić information content (AvgIpc) is 2.32. The monoisotopic (exact) mass is 268 g/mol. The number of methoxy groups -OCH3 is 1. The second-order valence-electron chi connectivity index (χ2n) is 3.43. The lowest BCUT2D eigenvalue weighted by molar-refractivity contribution is 0.416. The van der Waals surface area contributed by atoms with E-state index < -0.39 is 0 Å². The normalized spacial score (nSPS) is 10.3. The number of nitrogen functional groups attached to an aromatic ring is 1. The molecule has 0 radical (unpaired) electrons. The van der Waals surface area contributed by atoms with E-state index in [-0.39, 0.29) is 0 Å². The van der Waals surface area contributed by atoms with Crippen LogP contribution < -0.4 is 10.5 Å². The van der Waals surface area contributed by atoms with Gasteiger partial charge in [-0.05, 0) is 24.3 Å². The molecule has 0 unspecified atom stereocenters. The molecule has 0 amide bonds. The number of hydrogen-bond acceptors (Lipinski definition) is 3. The van der Waals surface area contributed by atoms with Crippen LogP contribution in [0.5, 0.6) is 5.75 Å². The molecule has 0 spiro atoms. The summed E-state index contributed by atoms with van der Waals surface area (Å²) >= 11 is 11.9. The summed E-state index contributed by atoms with van der Waals surface area (Å²) in [6.45, 7) is 0. The van der Waals surface area contributed by atoms with Gasteiger partial charge in [-0.2, -0.15) is 0 Å². The van der Waals surface area contributed by atoms with E-state index in [9.17, 15) is 0 Å². The Balaban J connectivity index is 2.66. The lowest BCUT2D eigenvalue weighted by Gasteiger charge is -2.10. The van der Waals surface area contributed by atoms with Gasteiger partial charge in [0.15, 0.2) is 0 Å². The van der Waals surface area contributed by atoms with Crippen molar-refractivity contribution in [2.24, 2.45) is 0 Å². The summed E-state index contributed by atoms with van der Waals surface area (Å²) in [5.41, 5.74) is 7.30. The van der Waals surface area contributed by atoms with E-state index >= 15 is 0 Å². The number of halogens is 2. The van der Waals surface area contributed by atoms with Gasteiger partial charge in [-0.25, -0.2) is 4.98 Å². The molecule has 2 rings (SSSR count). The third kappa shape index (κ3) is 2.46. The maximum Gasteiger partial charge on any atom is 0.131 e. The number of rotatable bonds is 2. The molecule has 0 aliphatic carbocycles. The van der Waals surface area contributed by atoms with E-state index in [0.29, 0.717) is 27.2 Å². The number of nitrogens with zero attached hydrogens (tertiary/aromatic N) is 1. The second kappa shape index (κ2) is 4.82. The number of anilines is 1. The molecule has 0 atom stereocenters. The molecular weight excluding hydrogens is 259 g/mol. The van der Waals surface area contributed by atoms with Crippen LogP contribution in [0.3, 0.4) is 0 Å². The summed E-state index contributed by atoms with van der Waals surface area (Å²) in [7, 11) is 1.58. The van der Waals surface area contributed by atoms with Crippen LogP contribution in [-0.4, -0.2) is 12.1 Å². The number of benzene rings is 1. The molecule has 0 fully saturated rings. The first-order valence-electron chi connectivity index (χ1n) is 4.86. The van der Waals surface area contributed by atoms with Crippen LogP contribution in [-0.2, 0) is 0 Å². The van der Waals surface area contributed by atoms with Crippen molar-refractivity contribution in [2.45, 2.75) is 0 Å². The van der Waals surface area contributed by atoms with Gasteiger partial charge in [0.2, 0.25) is 0 Å². The van der Waals surface area contributed by atoms with Gasteiger partial charge in [0, 0.05) is 22.3 Å². The summed E-state index contributed by atoms with van der Waals surface area (Å²) in [6, 6.07) is 7.03. The minimum atomic E-state index is 0.384. The van der Waals surface area contributed by atoms with Gasteiger partial charge in [0.05, 0.1) is 12.1 Å². The maximum absolute atomic E-state index is 5.97. The van der Waals surface area contributed by atoms with Crippen LogP contribution in [0.2, 0.25) is 10.0 Å². The zero-order valence-electron chi connectivity index (χ0n) is 9.08. The van der Waals surface area contributed by atoms with E-state index in [4.69, 9.17) is 33.7 Å². The van der Waals surface area contributed by atoms with Crippen LogP contribution in [0.1, 0.15) is 0 Å². The molecule has 2 aromatic rings. The SMILES string of the molecule is COc1ccc(Cl)cc1-c1cc(Cl)cnc1N. The highest BCUT2D eigenvalue weighted by Crippen LogP contribution is 2.36. The van der Waals surface area contributed by atoms with Crippen LogP contribution in [0.4, 0.5) is 5.82 Å². The predicted octanol–water partition coefficient (Wildman–Crippen LogP) is 3.65. The van der Waals surface area contributed by atoms with Crippen molar-refractivity contribution < 1.29 is 4.74 Å². The van der Waals surface area contributed by atoms with Gasteiger partial charge in [-0.15, -0.1) is 0 Å². The summed E-state index contributed by atoms with van der Waals surface area (Å²) in [5, 5.41) is 1.11. The third-order valence-electron chi connectivity index (χ3n) is 2.34. The van der Waals surface area contributed by atoms with Crippen molar-refractivity contribution in [3.8, 4) is 16.9 Å². The summed E-state index contributed by atoms with van der Waals surface area (Å²) in [6.07, 6.45) is 1.50. The van der Waals surface area contributed by atoms with Crippen molar-refractivity contribution in [1.29, 1.82) is 0 Å². The van der Waals surface area contributed by atoms with E-state index in [0.717, 1.165) is 5.56 Å². The largest absolute Gasteiger partial charge is 0.496 e. The molecule has 5 heteroatoms. The fourth-order valence-electron chi connectivity index (χ4n) is 1.56. The maximum atomic E-state index is 5.97. The molecule has 1 heterocycles. The molecule has 88 valence electrons. The third-order valence-corrected chi connectivity index (χ3v) is 2.78. The fraction of sp³-hybridized carbons (Fsp3) is 0.0833. The van der Waals surface area contributed by atoms with Gasteiger partial charge in [0.1, 0.15) is 11.6 Å². The van der Waals surface area contributed by atoms with Crippen molar-refractivity contribution in [2.75, 3.05) is 12.8 Å². The van der Waals surface area contributed by atoms with Crippen molar-refractivity contribution in [3.05, 3.63) is 40.5 Å². The molecule has 0 saturated heterocycles. The second-order valence-corrected chi connectivity index (χ2v) is 4.30. The fourth-order valence-corrected chi connectivity index (χ4v) is 1.89. The van der Waals surface area contributed by atoms with Gasteiger partial charge in [-0.3, -0.25) is 0 Å². The highest BCUT2D eigenvalue weighted by molar-refractivity contribution is 6.31. The molecule has 3 nitrogen and oxygen atoms in total. The Morgan fingerprint density at radius 2 is 1.82 bits per heavy atom. The first-order valence-corrected chi connectivity index (χ1v) is 5.62. The number of nitrogens with two attached hydrogens (primary N) is 1. The standard InChI is InChI=1S/C12H10Cl2N2O/c1-17-11-3-2-7(13)4-9(11)10-5-8(14)6-16-12(10)15/h2-6H,1H3,(H2,15,16). The Hall–Kier alpha value is -1.45. The highest BCUT2D eigenvalue weighted by Gasteiger charge is 2.11. The first-order chi connectivity index (χ1) is 8.11. The van der Waals surface area contributed by atoms with Gasteiger partial charge < -0.3 is 10.5 Å². The van der Waals surface area contributed by atoms with Gasteiger partial charge >= 0.3 is 0 Å². The minimum Gasteiger partial charge on any atom is -0.496 e. The zero-order valence-corrected chi connectivity index (χ0v) is 10.6. The Bertz CT molecular complexity index is 558. The number of aromatic nitrogens is 1. The summed E-state index contributed by atoms with van der Waals surface area (Å²) < 4.78 is 5.26. The number of hydrogen-bond donors (Lipinski definition) is 1. The Labute approximate surface area is 109 Å². The van der Waals surface area contributed by atoms with E-state index in [1.807, 2.05) is 0 Å². The van der Waals surface area contributed by atoms with Crippen LogP contribution in [0.15, 0.2) is 30.5 Å². The topological polar surface area (TPSA) is 48.1 Å². The first kappa shape index (κ1) is 12.0. The van der Waals surface area contributed by atoms with Gasteiger partial charge in [-0.1, -0.05) is 23.2 Å². The molecule has 2 N–H and O–H groups in total.